The van der Waals surface area contributed by atoms with Gasteiger partial charge in [0.2, 0.25) is 0 Å². The Morgan fingerprint density at radius 2 is 1.43 bits per heavy atom. The fourth-order valence-electron chi connectivity index (χ4n) is 2.77. The quantitative estimate of drug-likeness (QED) is 0.250. The molecule has 2 atom stereocenters. The van der Waals surface area contributed by atoms with Crippen molar-refractivity contribution in [2.24, 2.45) is 0 Å². The Labute approximate surface area is 179 Å². The van der Waals surface area contributed by atoms with Crippen molar-refractivity contribution >= 4 is 11.4 Å². The smallest absolute Gasteiger partial charge is 0.174 e. The van der Waals surface area contributed by atoms with Crippen LogP contribution >= 0.6 is 0 Å². The Morgan fingerprint density at radius 3 is 1.87 bits per heavy atom. The normalized spacial score (nSPS) is 13.4. The number of ether oxygens (including phenoxy) is 5. The largest absolute Gasteiger partial charge is 0.489 e. The van der Waals surface area contributed by atoms with Gasteiger partial charge in [0.15, 0.2) is 12.6 Å². The first-order valence-electron chi connectivity index (χ1n) is 10.4. The standard InChI is InChI=1S/C21H38N2O7/c1-5-26-20(28-11-9-24)14-23(15-21(27-6-2)29-12-10-25)17-7-8-18(22)19(13-17)30-16(3)4/h7-8,13,16,20-21,24-25H,5-6,9-12,14-15,22H2,1-4H3. The predicted molar refractivity (Wildman–Crippen MR) is 116 cm³/mol. The Balaban J connectivity index is 3.13. The monoisotopic (exact) mass is 430 g/mol. The molecule has 0 saturated heterocycles. The highest BCUT2D eigenvalue weighted by atomic mass is 16.7. The molecule has 2 unspecified atom stereocenters. The van der Waals surface area contributed by atoms with Gasteiger partial charge in [-0.2, -0.15) is 0 Å². The lowest BCUT2D eigenvalue weighted by molar-refractivity contribution is -0.149. The molecule has 4 N–H and O–H groups in total. The van der Waals surface area contributed by atoms with Gasteiger partial charge in [-0.05, 0) is 39.8 Å². The average Bonchev–Trinajstić information content (AvgIpc) is 2.71. The van der Waals surface area contributed by atoms with E-state index in [9.17, 15) is 0 Å². The molecule has 1 rings (SSSR count). The van der Waals surface area contributed by atoms with Gasteiger partial charge in [0, 0.05) is 25.0 Å². The second-order valence-corrected chi connectivity index (χ2v) is 6.75. The maximum Gasteiger partial charge on any atom is 0.174 e. The lowest BCUT2D eigenvalue weighted by Gasteiger charge is -2.32. The minimum absolute atomic E-state index is 0.0240. The highest BCUT2D eigenvalue weighted by Gasteiger charge is 2.21. The van der Waals surface area contributed by atoms with Crippen LogP contribution in [-0.2, 0) is 18.9 Å². The van der Waals surface area contributed by atoms with Crippen molar-refractivity contribution < 1.29 is 33.9 Å². The van der Waals surface area contributed by atoms with E-state index in [1.54, 1.807) is 6.07 Å². The van der Waals surface area contributed by atoms with Crippen LogP contribution in [0.4, 0.5) is 11.4 Å². The van der Waals surface area contributed by atoms with Gasteiger partial charge in [0.25, 0.3) is 0 Å². The number of nitrogens with zero attached hydrogens (tertiary/aromatic N) is 1. The maximum absolute atomic E-state index is 9.11. The molecule has 174 valence electrons. The van der Waals surface area contributed by atoms with Gasteiger partial charge in [-0.3, -0.25) is 0 Å². The molecule has 0 fully saturated rings. The lowest BCUT2D eigenvalue weighted by Crippen LogP contribution is -2.42. The molecule has 30 heavy (non-hydrogen) atoms. The molecule has 0 aliphatic heterocycles. The average molecular weight is 431 g/mol. The minimum Gasteiger partial charge on any atom is -0.489 e. The van der Waals surface area contributed by atoms with Gasteiger partial charge in [0.05, 0.1) is 51.3 Å². The van der Waals surface area contributed by atoms with E-state index in [0.717, 1.165) is 5.69 Å². The third-order valence-electron chi connectivity index (χ3n) is 3.96. The number of nitrogen functional groups attached to an aromatic ring is 1. The summed E-state index contributed by atoms with van der Waals surface area (Å²) in [6.07, 6.45) is -1.15. The van der Waals surface area contributed by atoms with E-state index in [0.29, 0.717) is 37.7 Å². The van der Waals surface area contributed by atoms with Crippen molar-refractivity contribution in [1.29, 1.82) is 0 Å². The highest BCUT2D eigenvalue weighted by Crippen LogP contribution is 2.29. The summed E-state index contributed by atoms with van der Waals surface area (Å²) in [5.74, 6) is 0.584. The molecule has 1 aromatic rings. The Hall–Kier alpha value is -1.62. The molecule has 0 aliphatic rings. The molecule has 0 amide bonds. The number of hydrogen-bond acceptors (Lipinski definition) is 9. The first kappa shape index (κ1) is 26.4. The van der Waals surface area contributed by atoms with Gasteiger partial charge in [0.1, 0.15) is 5.75 Å². The van der Waals surface area contributed by atoms with E-state index < -0.39 is 12.6 Å². The van der Waals surface area contributed by atoms with Crippen LogP contribution in [0.25, 0.3) is 0 Å². The number of hydrogen-bond donors (Lipinski definition) is 3. The maximum atomic E-state index is 9.11. The van der Waals surface area contributed by atoms with Crippen LogP contribution in [0.3, 0.4) is 0 Å². The number of nitrogens with two attached hydrogens (primary N) is 1. The van der Waals surface area contributed by atoms with Gasteiger partial charge in [-0.25, -0.2) is 0 Å². The molecule has 0 bridgehead atoms. The molecule has 0 saturated carbocycles. The summed E-state index contributed by atoms with van der Waals surface area (Å²) in [6, 6.07) is 5.53. The minimum atomic E-state index is -0.561. The predicted octanol–water partition coefficient (Wildman–Crippen LogP) is 1.61. The van der Waals surface area contributed by atoms with Crippen molar-refractivity contribution in [2.45, 2.75) is 46.4 Å². The molecular weight excluding hydrogens is 392 g/mol. The van der Waals surface area contributed by atoms with E-state index in [1.807, 2.05) is 44.7 Å². The number of rotatable bonds is 17. The lowest BCUT2D eigenvalue weighted by atomic mass is 10.2. The molecule has 1 aromatic carbocycles. The molecule has 0 aromatic heterocycles. The molecule has 9 heteroatoms. The zero-order valence-electron chi connectivity index (χ0n) is 18.6. The molecule has 0 heterocycles. The van der Waals surface area contributed by atoms with Gasteiger partial charge in [-0.15, -0.1) is 0 Å². The molecule has 0 radical (unpaired) electrons. The summed E-state index contributed by atoms with van der Waals surface area (Å²) in [6.45, 7) is 9.42. The number of anilines is 2. The van der Waals surface area contributed by atoms with Crippen molar-refractivity contribution in [3.63, 3.8) is 0 Å². The molecule has 0 spiro atoms. The number of aliphatic hydroxyl groups excluding tert-OH is 2. The zero-order chi connectivity index (χ0) is 22.4. The van der Waals surface area contributed by atoms with Gasteiger partial charge in [-0.1, -0.05) is 0 Å². The Bertz CT molecular complexity index is 554. The fraction of sp³-hybridized carbons (Fsp3) is 0.714. The van der Waals surface area contributed by atoms with Crippen molar-refractivity contribution in [3.8, 4) is 5.75 Å². The van der Waals surface area contributed by atoms with E-state index in [-0.39, 0.29) is 32.5 Å². The van der Waals surface area contributed by atoms with Crippen LogP contribution in [0.2, 0.25) is 0 Å². The van der Waals surface area contributed by atoms with E-state index >= 15 is 0 Å². The summed E-state index contributed by atoms with van der Waals surface area (Å²) < 4.78 is 28.5. The van der Waals surface area contributed by atoms with Crippen LogP contribution in [-0.4, -0.2) is 81.6 Å². The highest BCUT2D eigenvalue weighted by molar-refractivity contribution is 5.62. The topological polar surface area (TPSA) is 116 Å². The van der Waals surface area contributed by atoms with Crippen molar-refractivity contribution in [3.05, 3.63) is 18.2 Å². The Kier molecular flexibility index (Phi) is 13.4. The summed E-state index contributed by atoms with van der Waals surface area (Å²) in [5.41, 5.74) is 7.44. The molecule has 0 aliphatic carbocycles. The van der Waals surface area contributed by atoms with Crippen molar-refractivity contribution in [2.75, 3.05) is 63.4 Å². The third kappa shape index (κ3) is 9.92. The summed E-state index contributed by atoms with van der Waals surface area (Å²) in [4.78, 5) is 1.99. The number of benzene rings is 1. The first-order valence-corrected chi connectivity index (χ1v) is 10.4. The van der Waals surface area contributed by atoms with E-state index in [1.165, 1.54) is 0 Å². The second-order valence-electron chi connectivity index (χ2n) is 6.75. The Morgan fingerprint density at radius 1 is 0.900 bits per heavy atom. The SMILES string of the molecule is CCOC(CN(CC(OCC)OCCO)c1ccc(N)c(OC(C)C)c1)OCCO. The first-order chi connectivity index (χ1) is 14.4. The summed E-state index contributed by atoms with van der Waals surface area (Å²) in [5, 5.41) is 18.2. The van der Waals surface area contributed by atoms with E-state index in [4.69, 9.17) is 39.6 Å². The second kappa shape index (κ2) is 15.2. The van der Waals surface area contributed by atoms with Crippen LogP contribution in [0.5, 0.6) is 5.75 Å². The van der Waals surface area contributed by atoms with Crippen LogP contribution < -0.4 is 15.4 Å². The summed E-state index contributed by atoms with van der Waals surface area (Å²) >= 11 is 0. The number of aliphatic hydroxyl groups is 2. The fourth-order valence-corrected chi connectivity index (χ4v) is 2.77. The van der Waals surface area contributed by atoms with Crippen molar-refractivity contribution in [1.82, 2.24) is 0 Å². The third-order valence-corrected chi connectivity index (χ3v) is 3.96. The van der Waals surface area contributed by atoms with Crippen LogP contribution in [0.15, 0.2) is 18.2 Å². The molecular formula is C21H38N2O7. The van der Waals surface area contributed by atoms with E-state index in [2.05, 4.69) is 0 Å². The van der Waals surface area contributed by atoms with Gasteiger partial charge >= 0.3 is 0 Å². The summed E-state index contributed by atoms with van der Waals surface area (Å²) in [7, 11) is 0. The molecule has 9 nitrogen and oxygen atoms in total. The van der Waals surface area contributed by atoms with Gasteiger partial charge < -0.3 is 44.5 Å². The van der Waals surface area contributed by atoms with Crippen LogP contribution in [0.1, 0.15) is 27.7 Å². The van der Waals surface area contributed by atoms with Crippen LogP contribution in [0, 0.1) is 0 Å². The zero-order valence-corrected chi connectivity index (χ0v) is 18.6.